The smallest absolute Gasteiger partial charge is 0.306 e. The first-order chi connectivity index (χ1) is 15.9. The molecule has 0 aromatic heterocycles. The summed E-state index contributed by atoms with van der Waals surface area (Å²) < 4.78 is 32.5. The van der Waals surface area contributed by atoms with E-state index in [0.29, 0.717) is 26.1 Å². The fraction of sp³-hybridized carbons (Fsp3) is 0.440. The molecule has 1 saturated heterocycles. The second-order valence-electron chi connectivity index (χ2n) is 8.10. The van der Waals surface area contributed by atoms with E-state index in [1.807, 2.05) is 37.3 Å². The number of amides is 1. The maximum absolute atomic E-state index is 12.9. The highest BCUT2D eigenvalue weighted by Crippen LogP contribution is 2.21. The van der Waals surface area contributed by atoms with Crippen LogP contribution in [0.1, 0.15) is 44.6 Å². The van der Waals surface area contributed by atoms with Gasteiger partial charge in [-0.2, -0.15) is 4.31 Å². The average Bonchev–Trinajstić information content (AvgIpc) is 3.13. The highest BCUT2D eigenvalue weighted by Gasteiger charge is 2.25. The van der Waals surface area contributed by atoms with Crippen LogP contribution in [-0.2, 0) is 30.8 Å². The van der Waals surface area contributed by atoms with Crippen molar-refractivity contribution in [3.63, 3.8) is 0 Å². The van der Waals surface area contributed by atoms with E-state index in [1.165, 1.54) is 0 Å². The molecule has 0 bridgehead atoms. The van der Waals surface area contributed by atoms with Crippen LogP contribution in [0.3, 0.4) is 0 Å². The van der Waals surface area contributed by atoms with Crippen molar-refractivity contribution in [2.24, 2.45) is 0 Å². The molecule has 2 aromatic rings. The van der Waals surface area contributed by atoms with Crippen LogP contribution in [0.2, 0.25) is 0 Å². The maximum Gasteiger partial charge on any atom is 0.306 e. The highest BCUT2D eigenvalue weighted by atomic mass is 32.2. The number of rotatable bonds is 9. The van der Waals surface area contributed by atoms with Crippen molar-refractivity contribution >= 4 is 27.6 Å². The van der Waals surface area contributed by atoms with E-state index in [0.717, 1.165) is 36.9 Å². The standard InChI is InChI=1S/C25H32N2O5S/c1-2-27(22-10-6-5-7-11-22)24(28)20-32-25(29)17-14-21-12-15-23(16-13-21)33(30,31)26-18-8-3-4-9-19-26/h5-7,10-13,15-16H,2-4,8-9,14,17-20H2,1H3. The molecule has 0 atom stereocenters. The van der Waals surface area contributed by atoms with Crippen molar-refractivity contribution in [3.8, 4) is 0 Å². The number of esters is 1. The van der Waals surface area contributed by atoms with Gasteiger partial charge in [0.1, 0.15) is 0 Å². The van der Waals surface area contributed by atoms with Crippen molar-refractivity contribution in [3.05, 3.63) is 60.2 Å². The summed E-state index contributed by atoms with van der Waals surface area (Å²) in [4.78, 5) is 26.4. The van der Waals surface area contributed by atoms with Gasteiger partial charge in [0.2, 0.25) is 10.0 Å². The van der Waals surface area contributed by atoms with E-state index in [4.69, 9.17) is 4.74 Å². The quantitative estimate of drug-likeness (QED) is 0.519. The Bertz CT molecular complexity index is 1010. The molecule has 1 amide bonds. The number of aryl methyl sites for hydroxylation is 1. The summed E-state index contributed by atoms with van der Waals surface area (Å²) in [6.07, 6.45) is 4.44. The molecule has 33 heavy (non-hydrogen) atoms. The molecule has 0 spiro atoms. The first kappa shape index (κ1) is 24.9. The van der Waals surface area contributed by atoms with Crippen molar-refractivity contribution in [2.75, 3.05) is 31.1 Å². The number of para-hydroxylation sites is 1. The third kappa shape index (κ3) is 6.88. The monoisotopic (exact) mass is 472 g/mol. The van der Waals surface area contributed by atoms with E-state index in [1.54, 1.807) is 33.5 Å². The topological polar surface area (TPSA) is 84.0 Å². The van der Waals surface area contributed by atoms with Gasteiger partial charge in [-0.3, -0.25) is 9.59 Å². The second-order valence-corrected chi connectivity index (χ2v) is 10.0. The first-order valence-corrected chi connectivity index (χ1v) is 13.0. The summed E-state index contributed by atoms with van der Waals surface area (Å²) in [6, 6.07) is 15.9. The lowest BCUT2D eigenvalue weighted by molar-refractivity contribution is -0.147. The fourth-order valence-corrected chi connectivity index (χ4v) is 5.43. The van der Waals surface area contributed by atoms with Crippen LogP contribution in [0.4, 0.5) is 5.69 Å². The number of carbonyl (C=O) groups excluding carboxylic acids is 2. The average molecular weight is 473 g/mol. The van der Waals surface area contributed by atoms with E-state index < -0.39 is 16.0 Å². The van der Waals surface area contributed by atoms with E-state index in [9.17, 15) is 18.0 Å². The zero-order valence-corrected chi connectivity index (χ0v) is 19.9. The van der Waals surface area contributed by atoms with Gasteiger partial charge >= 0.3 is 5.97 Å². The lowest BCUT2D eigenvalue weighted by atomic mass is 10.1. The summed E-state index contributed by atoms with van der Waals surface area (Å²) in [5, 5.41) is 0. The Morgan fingerprint density at radius 3 is 2.18 bits per heavy atom. The maximum atomic E-state index is 12.9. The molecule has 0 N–H and O–H groups in total. The van der Waals surface area contributed by atoms with Gasteiger partial charge in [0.05, 0.1) is 4.90 Å². The molecular weight excluding hydrogens is 440 g/mol. The fourth-order valence-electron chi connectivity index (χ4n) is 3.91. The van der Waals surface area contributed by atoms with Crippen LogP contribution in [0, 0.1) is 0 Å². The minimum atomic E-state index is -3.49. The number of likely N-dealkylation sites (N-methyl/N-ethyl adjacent to an activating group) is 1. The Morgan fingerprint density at radius 1 is 0.939 bits per heavy atom. The molecule has 1 heterocycles. The van der Waals surface area contributed by atoms with E-state index in [2.05, 4.69) is 0 Å². The summed E-state index contributed by atoms with van der Waals surface area (Å²) in [5.74, 6) is -0.742. The minimum absolute atomic E-state index is 0.114. The number of benzene rings is 2. The van der Waals surface area contributed by atoms with Crippen molar-refractivity contribution in [1.82, 2.24) is 4.31 Å². The Balaban J connectivity index is 1.48. The summed E-state index contributed by atoms with van der Waals surface area (Å²) in [6.45, 7) is 3.16. The SMILES string of the molecule is CCN(C(=O)COC(=O)CCc1ccc(S(=O)(=O)N2CCCCCC2)cc1)c1ccccc1. The van der Waals surface area contributed by atoms with Gasteiger partial charge < -0.3 is 9.64 Å². The first-order valence-electron chi connectivity index (χ1n) is 11.5. The van der Waals surface area contributed by atoms with Crippen molar-refractivity contribution in [2.45, 2.75) is 50.3 Å². The van der Waals surface area contributed by atoms with Gasteiger partial charge in [0, 0.05) is 31.7 Å². The molecule has 0 unspecified atom stereocenters. The van der Waals surface area contributed by atoms with Gasteiger partial charge in [-0.1, -0.05) is 43.2 Å². The number of carbonyl (C=O) groups is 2. The van der Waals surface area contributed by atoms with Gasteiger partial charge in [-0.15, -0.1) is 0 Å². The summed E-state index contributed by atoms with van der Waals surface area (Å²) >= 11 is 0. The van der Waals surface area contributed by atoms with Crippen LogP contribution in [-0.4, -0.2) is 50.8 Å². The molecule has 0 radical (unpaired) electrons. The van der Waals surface area contributed by atoms with Crippen molar-refractivity contribution < 1.29 is 22.7 Å². The third-order valence-corrected chi connectivity index (χ3v) is 7.70. The van der Waals surface area contributed by atoms with Crippen molar-refractivity contribution in [1.29, 1.82) is 0 Å². The van der Waals surface area contributed by atoms with Crippen LogP contribution in [0.5, 0.6) is 0 Å². The molecule has 1 fully saturated rings. The third-order valence-electron chi connectivity index (χ3n) is 5.79. The number of sulfonamides is 1. The Morgan fingerprint density at radius 2 is 1.58 bits per heavy atom. The Hall–Kier alpha value is -2.71. The van der Waals surface area contributed by atoms with Crippen LogP contribution < -0.4 is 4.90 Å². The molecular formula is C25H32N2O5S. The number of hydrogen-bond acceptors (Lipinski definition) is 5. The molecule has 8 heteroatoms. The van der Waals surface area contributed by atoms with Gasteiger partial charge in [-0.25, -0.2) is 8.42 Å². The number of ether oxygens (including phenoxy) is 1. The molecule has 1 aliphatic heterocycles. The Kier molecular flexibility index (Phi) is 9.03. The number of hydrogen-bond donors (Lipinski definition) is 0. The molecule has 0 aliphatic carbocycles. The summed E-state index contributed by atoms with van der Waals surface area (Å²) in [7, 11) is -3.49. The second kappa shape index (κ2) is 12.0. The zero-order chi connectivity index (χ0) is 23.7. The molecule has 7 nitrogen and oxygen atoms in total. The zero-order valence-electron chi connectivity index (χ0n) is 19.1. The van der Waals surface area contributed by atoms with E-state index in [-0.39, 0.29) is 23.8 Å². The van der Waals surface area contributed by atoms with Crippen LogP contribution >= 0.6 is 0 Å². The van der Waals surface area contributed by atoms with E-state index >= 15 is 0 Å². The van der Waals surface area contributed by atoms with Gasteiger partial charge in [-0.05, 0) is 56.0 Å². The Labute approximate surface area is 196 Å². The lowest BCUT2D eigenvalue weighted by Crippen LogP contribution is -2.34. The predicted molar refractivity (Wildman–Crippen MR) is 127 cm³/mol. The molecule has 178 valence electrons. The van der Waals surface area contributed by atoms with Crippen LogP contribution in [0.15, 0.2) is 59.5 Å². The minimum Gasteiger partial charge on any atom is -0.456 e. The molecule has 3 rings (SSSR count). The van der Waals surface area contributed by atoms with Crippen LogP contribution in [0.25, 0.3) is 0 Å². The normalized spacial score (nSPS) is 14.9. The molecule has 0 saturated carbocycles. The van der Waals surface area contributed by atoms with Gasteiger partial charge in [0.15, 0.2) is 6.61 Å². The highest BCUT2D eigenvalue weighted by molar-refractivity contribution is 7.89. The molecule has 2 aromatic carbocycles. The molecule has 1 aliphatic rings. The number of anilines is 1. The van der Waals surface area contributed by atoms with Gasteiger partial charge in [0.25, 0.3) is 5.91 Å². The summed E-state index contributed by atoms with van der Waals surface area (Å²) in [5.41, 5.74) is 1.60. The predicted octanol–water partition coefficient (Wildman–Crippen LogP) is 3.78. The lowest BCUT2D eigenvalue weighted by Gasteiger charge is -2.20. The number of nitrogens with zero attached hydrogens (tertiary/aromatic N) is 2. The largest absolute Gasteiger partial charge is 0.456 e.